The standard InChI is InChI=1S/C20H26N4O2S/c1-14-22-16(13-27-14)9-10-21-19(25)18-8-5-11-24(18)20(26)15-6-4-7-17(12-15)23(2)3/h4,6-7,12-13,18H,5,8-11H2,1-3H3,(H,21,25)/t18-/m1/s1. The summed E-state index contributed by atoms with van der Waals surface area (Å²) in [6.07, 6.45) is 2.27. The Kier molecular flexibility index (Phi) is 6.11. The van der Waals surface area contributed by atoms with Crippen LogP contribution in [0, 0.1) is 6.92 Å². The number of nitrogens with zero attached hydrogens (tertiary/aromatic N) is 3. The fourth-order valence-corrected chi connectivity index (χ4v) is 3.97. The predicted octanol–water partition coefficient (Wildman–Crippen LogP) is 2.48. The molecule has 2 heterocycles. The third-order valence-corrected chi connectivity index (χ3v) is 5.60. The molecule has 0 spiro atoms. The first kappa shape index (κ1) is 19.4. The molecule has 0 aliphatic carbocycles. The van der Waals surface area contributed by atoms with E-state index in [1.54, 1.807) is 16.2 Å². The van der Waals surface area contributed by atoms with Crippen LogP contribution >= 0.6 is 11.3 Å². The molecule has 1 aromatic heterocycles. The summed E-state index contributed by atoms with van der Waals surface area (Å²) in [5.41, 5.74) is 2.59. The van der Waals surface area contributed by atoms with E-state index in [-0.39, 0.29) is 11.8 Å². The highest BCUT2D eigenvalue weighted by molar-refractivity contribution is 7.09. The Labute approximate surface area is 164 Å². The molecule has 1 saturated heterocycles. The van der Waals surface area contributed by atoms with Crippen LogP contribution in [-0.2, 0) is 11.2 Å². The second kappa shape index (κ2) is 8.52. The molecule has 27 heavy (non-hydrogen) atoms. The highest BCUT2D eigenvalue weighted by Gasteiger charge is 2.34. The average Bonchev–Trinajstić information content (AvgIpc) is 3.30. The van der Waals surface area contributed by atoms with E-state index in [0.29, 0.717) is 31.5 Å². The number of aromatic nitrogens is 1. The number of rotatable bonds is 6. The van der Waals surface area contributed by atoms with E-state index in [2.05, 4.69) is 10.3 Å². The van der Waals surface area contributed by atoms with Crippen molar-refractivity contribution >= 4 is 28.8 Å². The van der Waals surface area contributed by atoms with Gasteiger partial charge in [-0.05, 0) is 38.0 Å². The molecule has 0 radical (unpaired) electrons. The molecular weight excluding hydrogens is 360 g/mol. The Morgan fingerprint density at radius 2 is 2.19 bits per heavy atom. The number of nitrogens with one attached hydrogen (secondary N) is 1. The number of aryl methyl sites for hydroxylation is 1. The van der Waals surface area contributed by atoms with Gasteiger partial charge in [-0.1, -0.05) is 6.07 Å². The molecule has 3 rings (SSSR count). The zero-order valence-corrected chi connectivity index (χ0v) is 16.9. The summed E-state index contributed by atoms with van der Waals surface area (Å²) in [4.78, 5) is 33.7. The summed E-state index contributed by atoms with van der Waals surface area (Å²) in [6.45, 7) is 3.13. The molecule has 1 atom stereocenters. The van der Waals surface area contributed by atoms with Crippen molar-refractivity contribution in [1.82, 2.24) is 15.2 Å². The molecule has 2 amide bonds. The molecule has 7 heteroatoms. The van der Waals surface area contributed by atoms with Gasteiger partial charge in [-0.25, -0.2) is 4.98 Å². The van der Waals surface area contributed by atoms with Gasteiger partial charge in [-0.15, -0.1) is 11.3 Å². The van der Waals surface area contributed by atoms with Crippen molar-refractivity contribution in [1.29, 1.82) is 0 Å². The number of carbonyl (C=O) groups is 2. The van der Waals surface area contributed by atoms with Crippen LogP contribution in [0.1, 0.15) is 33.9 Å². The molecule has 0 bridgehead atoms. The molecule has 1 fully saturated rings. The van der Waals surface area contributed by atoms with Gasteiger partial charge in [-0.2, -0.15) is 0 Å². The molecular formula is C20H26N4O2S. The number of hydrogen-bond acceptors (Lipinski definition) is 5. The van der Waals surface area contributed by atoms with E-state index in [4.69, 9.17) is 0 Å². The molecule has 1 aliphatic rings. The van der Waals surface area contributed by atoms with E-state index in [1.165, 1.54) is 0 Å². The van der Waals surface area contributed by atoms with Gasteiger partial charge in [0.25, 0.3) is 5.91 Å². The number of benzene rings is 1. The Hall–Kier alpha value is -2.41. The highest BCUT2D eigenvalue weighted by Crippen LogP contribution is 2.22. The first-order valence-electron chi connectivity index (χ1n) is 9.23. The van der Waals surface area contributed by atoms with Crippen molar-refractivity contribution in [3.63, 3.8) is 0 Å². The van der Waals surface area contributed by atoms with Crippen LogP contribution in [0.2, 0.25) is 0 Å². The number of carbonyl (C=O) groups excluding carboxylic acids is 2. The second-order valence-corrected chi connectivity index (χ2v) is 8.06. The summed E-state index contributed by atoms with van der Waals surface area (Å²) in [5.74, 6) is -0.150. The second-order valence-electron chi connectivity index (χ2n) is 7.00. The summed E-state index contributed by atoms with van der Waals surface area (Å²) in [6, 6.07) is 7.14. The lowest BCUT2D eigenvalue weighted by molar-refractivity contribution is -0.124. The minimum absolute atomic E-state index is 0.0726. The minimum atomic E-state index is -0.391. The maximum atomic E-state index is 13.0. The summed E-state index contributed by atoms with van der Waals surface area (Å²) in [7, 11) is 3.89. The van der Waals surface area contributed by atoms with Crippen molar-refractivity contribution in [2.24, 2.45) is 0 Å². The fraction of sp³-hybridized carbons (Fsp3) is 0.450. The Morgan fingerprint density at radius 3 is 2.89 bits per heavy atom. The molecule has 1 aromatic carbocycles. The van der Waals surface area contributed by atoms with Gasteiger partial charge in [0, 0.05) is 50.2 Å². The van der Waals surface area contributed by atoms with Crippen LogP contribution < -0.4 is 10.2 Å². The van der Waals surface area contributed by atoms with Gasteiger partial charge in [0.1, 0.15) is 6.04 Å². The smallest absolute Gasteiger partial charge is 0.254 e. The zero-order chi connectivity index (χ0) is 19.4. The lowest BCUT2D eigenvalue weighted by atomic mass is 10.1. The normalized spacial score (nSPS) is 16.4. The number of hydrogen-bond donors (Lipinski definition) is 1. The minimum Gasteiger partial charge on any atom is -0.378 e. The number of amides is 2. The van der Waals surface area contributed by atoms with E-state index in [0.717, 1.165) is 22.8 Å². The quantitative estimate of drug-likeness (QED) is 0.828. The van der Waals surface area contributed by atoms with Crippen LogP contribution in [0.15, 0.2) is 29.6 Å². The first-order chi connectivity index (χ1) is 13.0. The maximum Gasteiger partial charge on any atom is 0.254 e. The van der Waals surface area contributed by atoms with Crippen LogP contribution in [0.25, 0.3) is 0 Å². The van der Waals surface area contributed by atoms with Crippen molar-refractivity contribution in [3.05, 3.63) is 45.9 Å². The average molecular weight is 387 g/mol. The van der Waals surface area contributed by atoms with Gasteiger partial charge in [0.15, 0.2) is 0 Å². The molecule has 1 N–H and O–H groups in total. The van der Waals surface area contributed by atoms with Crippen molar-refractivity contribution < 1.29 is 9.59 Å². The van der Waals surface area contributed by atoms with Crippen LogP contribution in [0.4, 0.5) is 5.69 Å². The van der Waals surface area contributed by atoms with Crippen LogP contribution in [0.3, 0.4) is 0 Å². The van der Waals surface area contributed by atoms with E-state index in [1.807, 2.05) is 55.6 Å². The molecule has 0 unspecified atom stereocenters. The van der Waals surface area contributed by atoms with Crippen molar-refractivity contribution in [2.45, 2.75) is 32.2 Å². The summed E-state index contributed by atoms with van der Waals surface area (Å²) >= 11 is 1.61. The molecule has 144 valence electrons. The van der Waals surface area contributed by atoms with E-state index < -0.39 is 6.04 Å². The number of thiazole rings is 1. The lowest BCUT2D eigenvalue weighted by Crippen LogP contribution is -2.46. The van der Waals surface area contributed by atoms with Gasteiger partial charge >= 0.3 is 0 Å². The Balaban J connectivity index is 1.61. The van der Waals surface area contributed by atoms with Gasteiger partial charge in [-0.3, -0.25) is 9.59 Å². The predicted molar refractivity (Wildman–Crippen MR) is 108 cm³/mol. The van der Waals surface area contributed by atoms with Gasteiger partial charge < -0.3 is 15.1 Å². The molecule has 0 saturated carbocycles. The number of likely N-dealkylation sites (tertiary alicyclic amines) is 1. The summed E-state index contributed by atoms with van der Waals surface area (Å²) in [5, 5.41) is 6.02. The molecule has 1 aliphatic heterocycles. The molecule has 2 aromatic rings. The van der Waals surface area contributed by atoms with Crippen molar-refractivity contribution in [2.75, 3.05) is 32.1 Å². The van der Waals surface area contributed by atoms with Gasteiger partial charge in [0.2, 0.25) is 5.91 Å². The largest absolute Gasteiger partial charge is 0.378 e. The third-order valence-electron chi connectivity index (χ3n) is 4.77. The molecule has 6 nitrogen and oxygen atoms in total. The topological polar surface area (TPSA) is 65.5 Å². The Bertz CT molecular complexity index is 818. The fourth-order valence-electron chi connectivity index (χ4n) is 3.32. The van der Waals surface area contributed by atoms with Crippen molar-refractivity contribution in [3.8, 4) is 0 Å². The monoisotopic (exact) mass is 386 g/mol. The summed E-state index contributed by atoms with van der Waals surface area (Å²) < 4.78 is 0. The lowest BCUT2D eigenvalue weighted by Gasteiger charge is -2.24. The maximum absolute atomic E-state index is 13.0. The Morgan fingerprint density at radius 1 is 1.37 bits per heavy atom. The van der Waals surface area contributed by atoms with E-state index >= 15 is 0 Å². The van der Waals surface area contributed by atoms with Crippen LogP contribution in [0.5, 0.6) is 0 Å². The van der Waals surface area contributed by atoms with Crippen LogP contribution in [-0.4, -0.2) is 54.9 Å². The highest BCUT2D eigenvalue weighted by atomic mass is 32.1. The number of anilines is 1. The van der Waals surface area contributed by atoms with E-state index in [9.17, 15) is 9.59 Å². The zero-order valence-electron chi connectivity index (χ0n) is 16.1. The third kappa shape index (κ3) is 4.66. The SMILES string of the molecule is Cc1nc(CCNC(=O)[C@H]2CCCN2C(=O)c2cccc(N(C)C)c2)cs1. The van der Waals surface area contributed by atoms with Gasteiger partial charge in [0.05, 0.1) is 10.7 Å². The first-order valence-corrected chi connectivity index (χ1v) is 10.1.